The predicted molar refractivity (Wildman–Crippen MR) is 121 cm³/mol. The molecule has 0 radical (unpaired) electrons. The summed E-state index contributed by atoms with van der Waals surface area (Å²) in [4.78, 5) is 15.7. The van der Waals surface area contributed by atoms with Gasteiger partial charge in [0, 0.05) is 18.0 Å². The van der Waals surface area contributed by atoms with Gasteiger partial charge in [0.1, 0.15) is 5.75 Å². The van der Waals surface area contributed by atoms with Crippen LogP contribution in [-0.2, 0) is 11.2 Å². The van der Waals surface area contributed by atoms with Crippen LogP contribution in [0.4, 0.5) is 0 Å². The number of phenolic OH excluding ortho intramolecular Hbond substituents is 1. The van der Waals surface area contributed by atoms with Gasteiger partial charge in [0.05, 0.1) is 4.47 Å². The van der Waals surface area contributed by atoms with Crippen molar-refractivity contribution in [1.29, 1.82) is 0 Å². The quantitative estimate of drug-likeness (QED) is 0.575. The molecule has 2 fully saturated rings. The van der Waals surface area contributed by atoms with Crippen LogP contribution in [0.15, 0.2) is 16.6 Å². The van der Waals surface area contributed by atoms with E-state index in [2.05, 4.69) is 61.5 Å². The normalized spacial score (nSPS) is 33.4. The van der Waals surface area contributed by atoms with E-state index in [0.717, 1.165) is 30.2 Å². The van der Waals surface area contributed by atoms with Gasteiger partial charge in [-0.2, -0.15) is 0 Å². The molecule has 0 aliphatic heterocycles. The molecule has 0 aromatic heterocycles. The lowest BCUT2D eigenvalue weighted by molar-refractivity contribution is -0.144. The van der Waals surface area contributed by atoms with Gasteiger partial charge < -0.3 is 10.0 Å². The second kappa shape index (κ2) is 7.59. The molecule has 29 heavy (non-hydrogen) atoms. The first-order valence-corrected chi connectivity index (χ1v) is 12.3. The molecule has 1 aromatic carbocycles. The highest BCUT2D eigenvalue weighted by atomic mass is 79.9. The van der Waals surface area contributed by atoms with Crippen molar-refractivity contribution in [3.8, 4) is 5.75 Å². The Morgan fingerprint density at radius 1 is 1.14 bits per heavy atom. The molecule has 1 amide bonds. The minimum Gasteiger partial charge on any atom is -0.507 e. The molecule has 0 spiro atoms. The van der Waals surface area contributed by atoms with Gasteiger partial charge in [-0.3, -0.25) is 4.79 Å². The SMILES string of the molecule is CC(C)N(C(=O)[C@H]1CC[C@H]2[C@@H]3CCc4cc(O)c(Br)cc4[C@H]3CC[C@]12C)C(C)C. The van der Waals surface area contributed by atoms with Crippen molar-refractivity contribution >= 4 is 21.8 Å². The van der Waals surface area contributed by atoms with Gasteiger partial charge in [-0.1, -0.05) is 6.92 Å². The summed E-state index contributed by atoms with van der Waals surface area (Å²) in [5.74, 6) is 2.80. The number of carbonyl (C=O) groups is 1. The standard InChI is InChI=1S/C25H36BrNO2/c1-14(2)27(15(3)4)24(29)21-9-8-20-18-7-6-16-12-23(28)22(26)13-19(16)17(18)10-11-25(20,21)5/h12-15,17-18,20-21,28H,6-11H2,1-5H3/t17-,18+,20-,21+,25-/m0/s1. The van der Waals surface area contributed by atoms with E-state index in [1.54, 1.807) is 0 Å². The van der Waals surface area contributed by atoms with Crippen LogP contribution in [0.25, 0.3) is 0 Å². The molecule has 1 aromatic rings. The third-order valence-corrected chi connectivity index (χ3v) is 9.09. The fraction of sp³-hybridized carbons (Fsp3) is 0.720. The van der Waals surface area contributed by atoms with E-state index in [1.807, 2.05) is 6.07 Å². The smallest absolute Gasteiger partial charge is 0.226 e. The maximum atomic E-state index is 13.6. The summed E-state index contributed by atoms with van der Waals surface area (Å²) in [5, 5.41) is 10.1. The number of phenols is 1. The third kappa shape index (κ3) is 3.34. The number of benzene rings is 1. The minimum atomic E-state index is 0.131. The van der Waals surface area contributed by atoms with E-state index < -0.39 is 0 Å². The average molecular weight is 462 g/mol. The molecule has 0 saturated heterocycles. The van der Waals surface area contributed by atoms with E-state index in [-0.39, 0.29) is 23.4 Å². The number of aryl methyl sites for hydroxylation is 1. The summed E-state index contributed by atoms with van der Waals surface area (Å²) < 4.78 is 0.814. The molecule has 0 unspecified atom stereocenters. The number of aromatic hydroxyl groups is 1. The Hall–Kier alpha value is -1.03. The van der Waals surface area contributed by atoms with Crippen molar-refractivity contribution < 1.29 is 9.90 Å². The molecule has 1 N–H and O–H groups in total. The van der Waals surface area contributed by atoms with Crippen molar-refractivity contribution in [1.82, 2.24) is 4.90 Å². The van der Waals surface area contributed by atoms with Crippen molar-refractivity contribution in [2.24, 2.45) is 23.2 Å². The van der Waals surface area contributed by atoms with Crippen LogP contribution in [0, 0.1) is 23.2 Å². The zero-order chi connectivity index (χ0) is 21.1. The highest BCUT2D eigenvalue weighted by molar-refractivity contribution is 9.10. The molecule has 3 nitrogen and oxygen atoms in total. The Bertz CT molecular complexity index is 796. The van der Waals surface area contributed by atoms with Crippen LogP contribution in [0.3, 0.4) is 0 Å². The molecule has 3 aliphatic rings. The third-order valence-electron chi connectivity index (χ3n) is 8.46. The predicted octanol–water partition coefficient (Wildman–Crippen LogP) is 6.27. The number of hydrogen-bond donors (Lipinski definition) is 1. The van der Waals surface area contributed by atoms with E-state index in [0.29, 0.717) is 29.4 Å². The zero-order valence-electron chi connectivity index (χ0n) is 18.5. The van der Waals surface area contributed by atoms with E-state index in [1.165, 1.54) is 24.0 Å². The molecule has 5 atom stereocenters. The molecular weight excluding hydrogens is 426 g/mol. The highest BCUT2D eigenvalue weighted by Crippen LogP contribution is 2.63. The number of amides is 1. The minimum absolute atomic E-state index is 0.131. The second-order valence-corrected chi connectivity index (χ2v) is 11.4. The Balaban J connectivity index is 1.62. The monoisotopic (exact) mass is 461 g/mol. The molecule has 3 aliphatic carbocycles. The van der Waals surface area contributed by atoms with Crippen LogP contribution in [0.5, 0.6) is 5.75 Å². The first-order chi connectivity index (χ1) is 13.6. The Morgan fingerprint density at radius 2 is 1.83 bits per heavy atom. The van der Waals surface area contributed by atoms with Gasteiger partial charge in [0.15, 0.2) is 0 Å². The number of fused-ring (bicyclic) bond motifs is 5. The Kier molecular flexibility index (Phi) is 5.55. The van der Waals surface area contributed by atoms with Gasteiger partial charge in [-0.25, -0.2) is 0 Å². The summed E-state index contributed by atoms with van der Waals surface area (Å²) in [6.45, 7) is 11.0. The average Bonchev–Trinajstić information content (AvgIpc) is 2.99. The molecule has 4 heteroatoms. The van der Waals surface area contributed by atoms with Gasteiger partial charge in [-0.05, 0) is 129 Å². The number of hydrogen-bond acceptors (Lipinski definition) is 2. The topological polar surface area (TPSA) is 40.5 Å². The lowest BCUT2D eigenvalue weighted by Gasteiger charge is -2.51. The number of halogens is 1. The Morgan fingerprint density at radius 3 is 2.48 bits per heavy atom. The fourth-order valence-corrected chi connectivity index (χ4v) is 7.63. The van der Waals surface area contributed by atoms with Crippen LogP contribution in [0.2, 0.25) is 0 Å². The number of nitrogens with zero attached hydrogens (tertiary/aromatic N) is 1. The molecule has 2 saturated carbocycles. The molecule has 0 heterocycles. The van der Waals surface area contributed by atoms with Crippen molar-refractivity contribution in [2.45, 2.75) is 91.1 Å². The lowest BCUT2D eigenvalue weighted by Crippen LogP contribution is -2.50. The molecular formula is C25H36BrNO2. The van der Waals surface area contributed by atoms with Crippen molar-refractivity contribution in [3.05, 3.63) is 27.7 Å². The van der Waals surface area contributed by atoms with Crippen molar-refractivity contribution in [3.63, 3.8) is 0 Å². The number of carbonyl (C=O) groups excluding carboxylic acids is 1. The molecule has 0 bridgehead atoms. The molecule has 4 rings (SSSR count). The highest BCUT2D eigenvalue weighted by Gasteiger charge is 2.57. The van der Waals surface area contributed by atoms with Crippen LogP contribution >= 0.6 is 15.9 Å². The maximum Gasteiger partial charge on any atom is 0.226 e. The van der Waals surface area contributed by atoms with Gasteiger partial charge in [-0.15, -0.1) is 0 Å². The Labute approximate surface area is 184 Å². The second-order valence-electron chi connectivity index (χ2n) is 10.5. The lowest BCUT2D eigenvalue weighted by atomic mass is 9.54. The summed E-state index contributed by atoms with van der Waals surface area (Å²) in [7, 11) is 0. The zero-order valence-corrected chi connectivity index (χ0v) is 20.1. The van der Waals surface area contributed by atoms with Crippen LogP contribution in [-0.4, -0.2) is 28.0 Å². The van der Waals surface area contributed by atoms with E-state index >= 15 is 0 Å². The van der Waals surface area contributed by atoms with Gasteiger partial charge >= 0.3 is 0 Å². The summed E-state index contributed by atoms with van der Waals surface area (Å²) >= 11 is 3.53. The summed E-state index contributed by atoms with van der Waals surface area (Å²) in [5.41, 5.74) is 2.90. The number of rotatable bonds is 3. The first-order valence-electron chi connectivity index (χ1n) is 11.5. The maximum absolute atomic E-state index is 13.6. The van der Waals surface area contributed by atoms with Crippen LogP contribution in [0.1, 0.15) is 83.8 Å². The van der Waals surface area contributed by atoms with Crippen LogP contribution < -0.4 is 0 Å². The fourth-order valence-electron chi connectivity index (χ4n) is 7.27. The van der Waals surface area contributed by atoms with E-state index in [4.69, 9.17) is 0 Å². The molecule has 160 valence electrons. The summed E-state index contributed by atoms with van der Waals surface area (Å²) in [6.07, 6.45) is 6.77. The largest absolute Gasteiger partial charge is 0.507 e. The van der Waals surface area contributed by atoms with Gasteiger partial charge in [0.2, 0.25) is 5.91 Å². The van der Waals surface area contributed by atoms with Gasteiger partial charge in [0.25, 0.3) is 0 Å². The summed E-state index contributed by atoms with van der Waals surface area (Å²) in [6, 6.07) is 4.65. The van der Waals surface area contributed by atoms with E-state index in [9.17, 15) is 9.90 Å². The first kappa shape index (κ1) is 21.2. The van der Waals surface area contributed by atoms with Crippen molar-refractivity contribution in [2.75, 3.05) is 0 Å².